The largest absolute Gasteiger partial charge is 0.356 e. The molecule has 0 saturated heterocycles. The quantitative estimate of drug-likeness (QED) is 0.512. The van der Waals surface area contributed by atoms with Crippen LogP contribution in [0.15, 0.2) is 48.0 Å². The third kappa shape index (κ3) is 3.62. The highest BCUT2D eigenvalue weighted by Gasteiger charge is 2.34. The maximum absolute atomic E-state index is 14.4. The van der Waals surface area contributed by atoms with Gasteiger partial charge in [0, 0.05) is 24.4 Å². The van der Waals surface area contributed by atoms with Gasteiger partial charge in [-0.25, -0.2) is 13.2 Å². The summed E-state index contributed by atoms with van der Waals surface area (Å²) < 4.78 is 41.8. The number of nitrogens with one attached hydrogen (secondary N) is 2. The molecule has 0 aliphatic heterocycles. The molecule has 0 bridgehead atoms. The van der Waals surface area contributed by atoms with Crippen molar-refractivity contribution in [3.63, 3.8) is 0 Å². The molecule has 3 nitrogen and oxygen atoms in total. The number of H-pyrrole nitrogens is 1. The van der Waals surface area contributed by atoms with E-state index in [1.54, 1.807) is 12.1 Å². The lowest BCUT2D eigenvalue weighted by Gasteiger charge is -2.36. The van der Waals surface area contributed by atoms with E-state index < -0.39 is 11.6 Å². The predicted octanol–water partition coefficient (Wildman–Crippen LogP) is 5.58. The molecular formula is C24H21F3N2O. The minimum atomic E-state index is -0.642. The molecule has 1 saturated carbocycles. The van der Waals surface area contributed by atoms with Crippen LogP contribution in [0.5, 0.6) is 0 Å². The standard InChI is InChI=1S/C24H21F3N2O/c25-17-5-3-15(4-6-17)23-22(19-10-18(26)11-20(27)24(19)29-23)16-7-14(8-16)12-28-21(30)9-13-1-2-13/h1,3-6,10-11,14,16,29H,2,7-9,12H2,(H,28,30)/t14-,16+. The van der Waals surface area contributed by atoms with Gasteiger partial charge in [0.25, 0.3) is 0 Å². The molecule has 2 N–H and O–H groups in total. The van der Waals surface area contributed by atoms with Crippen molar-refractivity contribution >= 4 is 16.8 Å². The Morgan fingerprint density at radius 1 is 1.07 bits per heavy atom. The van der Waals surface area contributed by atoms with Gasteiger partial charge in [-0.2, -0.15) is 0 Å². The monoisotopic (exact) mass is 410 g/mol. The van der Waals surface area contributed by atoms with Crippen molar-refractivity contribution in [2.75, 3.05) is 6.54 Å². The molecule has 1 heterocycles. The van der Waals surface area contributed by atoms with Crippen molar-refractivity contribution in [2.45, 2.75) is 31.6 Å². The van der Waals surface area contributed by atoms with Gasteiger partial charge in [0.1, 0.15) is 17.5 Å². The van der Waals surface area contributed by atoms with Crippen molar-refractivity contribution in [3.05, 3.63) is 71.1 Å². The Balaban J connectivity index is 1.40. The highest BCUT2D eigenvalue weighted by atomic mass is 19.1. The normalized spacial score (nSPS) is 20.0. The summed E-state index contributed by atoms with van der Waals surface area (Å²) in [6.45, 7) is 0.611. The molecule has 1 aromatic heterocycles. The third-order valence-corrected chi connectivity index (χ3v) is 6.11. The molecule has 0 spiro atoms. The molecule has 1 amide bonds. The van der Waals surface area contributed by atoms with E-state index in [9.17, 15) is 18.0 Å². The van der Waals surface area contributed by atoms with Crippen LogP contribution in [0.25, 0.3) is 22.2 Å². The van der Waals surface area contributed by atoms with Crippen LogP contribution < -0.4 is 5.32 Å². The van der Waals surface area contributed by atoms with Gasteiger partial charge in [0.2, 0.25) is 5.91 Å². The van der Waals surface area contributed by atoms with Crippen LogP contribution in [0.3, 0.4) is 0 Å². The number of benzene rings is 2. The van der Waals surface area contributed by atoms with Crippen LogP contribution in [0, 0.1) is 23.4 Å². The first kappa shape index (κ1) is 19.0. The van der Waals surface area contributed by atoms with Crippen LogP contribution >= 0.6 is 0 Å². The van der Waals surface area contributed by atoms with Gasteiger partial charge in [-0.15, -0.1) is 0 Å². The Hall–Kier alpha value is -3.02. The Bertz CT molecular complexity index is 1160. The second-order valence-electron chi connectivity index (χ2n) is 8.31. The number of fused-ring (bicyclic) bond motifs is 1. The summed E-state index contributed by atoms with van der Waals surface area (Å²) in [5.41, 5.74) is 3.74. The summed E-state index contributed by atoms with van der Waals surface area (Å²) in [6.07, 6.45) is 5.11. The fraction of sp³-hybridized carbons (Fsp3) is 0.292. The maximum Gasteiger partial charge on any atom is 0.224 e. The molecule has 154 valence electrons. The summed E-state index contributed by atoms with van der Waals surface area (Å²) in [6, 6.07) is 8.22. The summed E-state index contributed by atoms with van der Waals surface area (Å²) in [5, 5.41) is 3.51. The number of aromatic amines is 1. The van der Waals surface area contributed by atoms with Gasteiger partial charge >= 0.3 is 0 Å². The minimum Gasteiger partial charge on any atom is -0.356 e. The minimum absolute atomic E-state index is 0.0467. The molecule has 0 atom stereocenters. The number of carbonyl (C=O) groups excluding carboxylic acids is 1. The van der Waals surface area contributed by atoms with Crippen molar-refractivity contribution in [2.24, 2.45) is 5.92 Å². The first-order chi connectivity index (χ1) is 14.5. The summed E-state index contributed by atoms with van der Waals surface area (Å²) in [4.78, 5) is 15.0. The first-order valence-electron chi connectivity index (χ1n) is 10.2. The molecule has 1 fully saturated rings. The number of rotatable bonds is 6. The van der Waals surface area contributed by atoms with Crippen LogP contribution in [0.1, 0.15) is 37.2 Å². The van der Waals surface area contributed by atoms with E-state index in [0.29, 0.717) is 30.0 Å². The smallest absolute Gasteiger partial charge is 0.224 e. The molecule has 5 rings (SSSR count). The molecule has 3 aromatic rings. The molecule has 2 aromatic carbocycles. The fourth-order valence-electron chi connectivity index (χ4n) is 4.39. The maximum atomic E-state index is 14.4. The van der Waals surface area contributed by atoms with E-state index in [2.05, 4.69) is 10.3 Å². The SMILES string of the molecule is O=C(CC1=CC1)NC[C@H]1C[C@@H](c2c(-c3ccc(F)cc3)[nH]c3c(F)cc(F)cc32)C1. The fourth-order valence-corrected chi connectivity index (χ4v) is 4.39. The van der Waals surface area contributed by atoms with Gasteiger partial charge in [-0.3, -0.25) is 4.79 Å². The number of aromatic nitrogens is 1. The Labute approximate surface area is 172 Å². The zero-order chi connectivity index (χ0) is 20.8. The van der Waals surface area contributed by atoms with Gasteiger partial charge < -0.3 is 10.3 Å². The van der Waals surface area contributed by atoms with Crippen LogP contribution in [-0.2, 0) is 4.79 Å². The number of hydrogen-bond acceptors (Lipinski definition) is 1. The van der Waals surface area contributed by atoms with Crippen molar-refractivity contribution in [3.8, 4) is 11.3 Å². The van der Waals surface area contributed by atoms with Crippen LogP contribution in [0.4, 0.5) is 13.2 Å². The summed E-state index contributed by atoms with van der Waals surface area (Å²) >= 11 is 0. The van der Waals surface area contributed by atoms with Crippen molar-refractivity contribution in [1.82, 2.24) is 10.3 Å². The lowest BCUT2D eigenvalue weighted by Crippen LogP contribution is -2.35. The number of carbonyl (C=O) groups is 1. The Morgan fingerprint density at radius 2 is 1.80 bits per heavy atom. The van der Waals surface area contributed by atoms with Gasteiger partial charge in [0.15, 0.2) is 0 Å². The third-order valence-electron chi connectivity index (χ3n) is 6.11. The van der Waals surface area contributed by atoms with Gasteiger partial charge in [-0.05, 0) is 72.6 Å². The molecule has 2 aliphatic carbocycles. The highest BCUT2D eigenvalue weighted by Crippen LogP contribution is 2.48. The van der Waals surface area contributed by atoms with E-state index in [1.807, 2.05) is 6.08 Å². The predicted molar refractivity (Wildman–Crippen MR) is 109 cm³/mol. The molecule has 6 heteroatoms. The topological polar surface area (TPSA) is 44.9 Å². The summed E-state index contributed by atoms with van der Waals surface area (Å²) in [5.74, 6) is -1.12. The van der Waals surface area contributed by atoms with Crippen LogP contribution in [0.2, 0.25) is 0 Å². The van der Waals surface area contributed by atoms with E-state index >= 15 is 0 Å². The van der Waals surface area contributed by atoms with E-state index in [4.69, 9.17) is 0 Å². The second kappa shape index (κ2) is 7.35. The molecule has 0 radical (unpaired) electrons. The average Bonchev–Trinajstić information content (AvgIpc) is 3.40. The number of halogens is 3. The van der Waals surface area contributed by atoms with E-state index in [0.717, 1.165) is 36.5 Å². The van der Waals surface area contributed by atoms with Gasteiger partial charge in [-0.1, -0.05) is 11.6 Å². The number of allylic oxidation sites excluding steroid dienone is 1. The zero-order valence-electron chi connectivity index (χ0n) is 16.3. The first-order valence-corrected chi connectivity index (χ1v) is 10.2. The second-order valence-corrected chi connectivity index (χ2v) is 8.31. The van der Waals surface area contributed by atoms with E-state index in [1.165, 1.54) is 23.8 Å². The average molecular weight is 410 g/mol. The lowest BCUT2D eigenvalue weighted by molar-refractivity contribution is -0.120. The highest BCUT2D eigenvalue weighted by molar-refractivity contribution is 5.92. The van der Waals surface area contributed by atoms with Gasteiger partial charge in [0.05, 0.1) is 11.2 Å². The zero-order valence-corrected chi connectivity index (χ0v) is 16.3. The van der Waals surface area contributed by atoms with Crippen molar-refractivity contribution < 1.29 is 18.0 Å². The number of hydrogen-bond donors (Lipinski definition) is 2. The summed E-state index contributed by atoms with van der Waals surface area (Å²) in [7, 11) is 0. The molecular weight excluding hydrogens is 389 g/mol. The number of amides is 1. The van der Waals surface area contributed by atoms with Crippen LogP contribution in [-0.4, -0.2) is 17.4 Å². The Morgan fingerprint density at radius 3 is 2.50 bits per heavy atom. The molecule has 0 unspecified atom stereocenters. The van der Waals surface area contributed by atoms with E-state index in [-0.39, 0.29) is 23.2 Å². The molecule has 2 aliphatic rings. The molecule has 30 heavy (non-hydrogen) atoms. The van der Waals surface area contributed by atoms with Crippen molar-refractivity contribution in [1.29, 1.82) is 0 Å². The lowest BCUT2D eigenvalue weighted by atomic mass is 9.70. The Kier molecular flexibility index (Phi) is 4.65.